The zero-order valence-corrected chi connectivity index (χ0v) is 10.4. The molecule has 2 rings (SSSR count). The highest BCUT2D eigenvalue weighted by atomic mass is 35.5. The molecular weight excluding hydrogens is 247 g/mol. The fraction of sp³-hybridized carbons (Fsp3) is 0.455. The van der Waals surface area contributed by atoms with Crippen LogP contribution in [0.25, 0.3) is 0 Å². The molecule has 3 nitrogen and oxygen atoms in total. The molecule has 0 saturated carbocycles. The third-order valence-corrected chi connectivity index (χ3v) is 2.68. The van der Waals surface area contributed by atoms with E-state index in [1.807, 2.05) is 0 Å². The number of piperidine rings is 1. The summed E-state index contributed by atoms with van der Waals surface area (Å²) in [4.78, 5) is 14.2. The second-order valence-corrected chi connectivity index (χ2v) is 4.13. The molecule has 0 atom stereocenters. The van der Waals surface area contributed by atoms with Crippen LogP contribution >= 0.6 is 23.2 Å². The van der Waals surface area contributed by atoms with Crippen LogP contribution in [-0.2, 0) is 0 Å². The fourth-order valence-electron chi connectivity index (χ4n) is 1.33. The molecule has 0 spiro atoms. The van der Waals surface area contributed by atoms with Gasteiger partial charge in [0.25, 0.3) is 5.24 Å². The molecule has 1 aromatic rings. The van der Waals surface area contributed by atoms with Crippen molar-refractivity contribution in [2.24, 2.45) is 0 Å². The van der Waals surface area contributed by atoms with E-state index in [-0.39, 0.29) is 10.7 Å². The third kappa shape index (κ3) is 4.92. The Hall–Kier alpha value is -0.640. The third-order valence-electron chi connectivity index (χ3n) is 2.18. The summed E-state index contributed by atoms with van der Waals surface area (Å²) in [5, 5.41) is 2.84. The van der Waals surface area contributed by atoms with Crippen molar-refractivity contribution in [3.63, 3.8) is 0 Å². The molecule has 1 aliphatic rings. The molecule has 5 heteroatoms. The number of hydrogen-bond donors (Lipinski definition) is 1. The van der Waals surface area contributed by atoms with E-state index < -0.39 is 5.24 Å². The van der Waals surface area contributed by atoms with Crippen molar-refractivity contribution in [2.75, 3.05) is 13.1 Å². The number of rotatable bonds is 1. The minimum atomic E-state index is -0.585. The van der Waals surface area contributed by atoms with Crippen LogP contribution in [0.1, 0.15) is 29.6 Å². The van der Waals surface area contributed by atoms with Gasteiger partial charge >= 0.3 is 0 Å². The molecule has 88 valence electrons. The Morgan fingerprint density at radius 2 is 2.00 bits per heavy atom. The number of hydrogen-bond acceptors (Lipinski definition) is 3. The van der Waals surface area contributed by atoms with E-state index in [0.717, 1.165) is 0 Å². The summed E-state index contributed by atoms with van der Waals surface area (Å²) in [5.41, 5.74) is 0.242. The van der Waals surface area contributed by atoms with Gasteiger partial charge in [0.2, 0.25) is 0 Å². The van der Waals surface area contributed by atoms with Gasteiger partial charge in [-0.3, -0.25) is 4.79 Å². The van der Waals surface area contributed by atoms with Crippen molar-refractivity contribution in [3.05, 3.63) is 29.0 Å². The first-order valence-electron chi connectivity index (χ1n) is 5.23. The van der Waals surface area contributed by atoms with Crippen LogP contribution in [0.15, 0.2) is 18.3 Å². The van der Waals surface area contributed by atoms with Gasteiger partial charge in [0.05, 0.1) is 5.56 Å². The lowest BCUT2D eigenvalue weighted by atomic mass is 10.2. The predicted octanol–water partition coefficient (Wildman–Crippen LogP) is 2.87. The largest absolute Gasteiger partial charge is 0.317 e. The average Bonchev–Trinajstić information content (AvgIpc) is 2.32. The van der Waals surface area contributed by atoms with E-state index in [0.29, 0.717) is 0 Å². The maximum absolute atomic E-state index is 10.5. The number of carbonyl (C=O) groups excluding carboxylic acids is 1. The van der Waals surface area contributed by atoms with Crippen molar-refractivity contribution in [1.82, 2.24) is 10.3 Å². The molecule has 0 unspecified atom stereocenters. The van der Waals surface area contributed by atoms with Crippen molar-refractivity contribution >= 4 is 28.4 Å². The van der Waals surface area contributed by atoms with Crippen LogP contribution in [-0.4, -0.2) is 23.3 Å². The standard InChI is InChI=1S/C6H3Cl2NO.C5H11N/c7-5-4(6(8)10)2-1-3-9-5;1-2-4-6-5-3-1/h1-3H;6H,1-5H2. The van der Waals surface area contributed by atoms with Crippen molar-refractivity contribution in [3.8, 4) is 0 Å². The van der Waals surface area contributed by atoms with E-state index in [2.05, 4.69) is 10.3 Å². The number of halogens is 2. The number of carbonyl (C=O) groups is 1. The van der Waals surface area contributed by atoms with Gasteiger partial charge in [-0.25, -0.2) is 4.98 Å². The molecule has 1 aromatic heterocycles. The lowest BCUT2D eigenvalue weighted by Gasteiger charge is -2.08. The smallest absolute Gasteiger partial charge is 0.255 e. The molecule has 0 radical (unpaired) electrons. The molecule has 0 amide bonds. The van der Waals surface area contributed by atoms with Crippen molar-refractivity contribution < 1.29 is 4.79 Å². The van der Waals surface area contributed by atoms with E-state index in [9.17, 15) is 4.79 Å². The molecule has 1 fully saturated rings. The Labute approximate surface area is 105 Å². The summed E-state index contributed by atoms with van der Waals surface area (Å²) >= 11 is 10.6. The van der Waals surface area contributed by atoms with Gasteiger partial charge < -0.3 is 5.32 Å². The maximum Gasteiger partial charge on any atom is 0.255 e. The number of pyridine rings is 1. The maximum atomic E-state index is 10.5. The first-order chi connectivity index (χ1) is 7.72. The van der Waals surface area contributed by atoms with E-state index >= 15 is 0 Å². The Morgan fingerprint density at radius 1 is 1.31 bits per heavy atom. The van der Waals surface area contributed by atoms with Gasteiger partial charge in [0.15, 0.2) is 0 Å². The predicted molar refractivity (Wildman–Crippen MR) is 66.2 cm³/mol. The van der Waals surface area contributed by atoms with Crippen LogP contribution in [0.5, 0.6) is 0 Å². The van der Waals surface area contributed by atoms with Gasteiger partial charge in [0, 0.05) is 6.20 Å². The molecule has 2 heterocycles. The first-order valence-corrected chi connectivity index (χ1v) is 5.98. The zero-order chi connectivity index (χ0) is 11.8. The molecule has 0 aromatic carbocycles. The summed E-state index contributed by atoms with van der Waals surface area (Å²) in [6.45, 7) is 2.50. The highest BCUT2D eigenvalue weighted by Crippen LogP contribution is 2.13. The topological polar surface area (TPSA) is 42.0 Å². The van der Waals surface area contributed by atoms with Gasteiger partial charge in [-0.05, 0) is 49.7 Å². The molecular formula is C11H14Cl2N2O. The number of nitrogens with one attached hydrogen (secondary N) is 1. The summed E-state index contributed by atoms with van der Waals surface area (Å²) in [6, 6.07) is 3.12. The normalized spacial score (nSPS) is 14.9. The summed E-state index contributed by atoms with van der Waals surface area (Å²) in [7, 11) is 0. The molecule has 0 bridgehead atoms. The average molecular weight is 261 g/mol. The molecule has 1 saturated heterocycles. The highest BCUT2D eigenvalue weighted by Gasteiger charge is 2.05. The fourth-order valence-corrected chi connectivity index (χ4v) is 1.74. The molecule has 1 N–H and O–H groups in total. The van der Waals surface area contributed by atoms with Gasteiger partial charge in [-0.2, -0.15) is 0 Å². The Bertz CT molecular complexity index is 329. The van der Waals surface area contributed by atoms with Crippen LogP contribution in [0.3, 0.4) is 0 Å². The van der Waals surface area contributed by atoms with Gasteiger partial charge in [-0.15, -0.1) is 0 Å². The van der Waals surface area contributed by atoms with E-state index in [1.54, 1.807) is 6.07 Å². The van der Waals surface area contributed by atoms with Gasteiger partial charge in [0.1, 0.15) is 5.15 Å². The lowest BCUT2D eigenvalue weighted by Crippen LogP contribution is -2.21. The highest BCUT2D eigenvalue weighted by molar-refractivity contribution is 6.68. The molecule has 0 aliphatic carbocycles. The van der Waals surface area contributed by atoms with Crippen LogP contribution < -0.4 is 5.32 Å². The second kappa shape index (κ2) is 7.60. The molecule has 16 heavy (non-hydrogen) atoms. The van der Waals surface area contributed by atoms with E-state index in [4.69, 9.17) is 23.2 Å². The van der Waals surface area contributed by atoms with Crippen molar-refractivity contribution in [2.45, 2.75) is 19.3 Å². The monoisotopic (exact) mass is 260 g/mol. The number of aromatic nitrogens is 1. The van der Waals surface area contributed by atoms with E-state index in [1.165, 1.54) is 44.6 Å². The summed E-state index contributed by atoms with van der Waals surface area (Å²) in [6.07, 6.45) is 5.71. The SMILES string of the molecule is C1CCNCC1.O=C(Cl)c1cccnc1Cl. The molecule has 1 aliphatic heterocycles. The van der Waals surface area contributed by atoms with Gasteiger partial charge in [-0.1, -0.05) is 18.0 Å². The Morgan fingerprint density at radius 3 is 2.31 bits per heavy atom. The zero-order valence-electron chi connectivity index (χ0n) is 8.88. The van der Waals surface area contributed by atoms with Crippen LogP contribution in [0.2, 0.25) is 5.15 Å². The Balaban J connectivity index is 0.000000181. The quantitative estimate of drug-likeness (QED) is 0.624. The van der Waals surface area contributed by atoms with Crippen LogP contribution in [0, 0.1) is 0 Å². The van der Waals surface area contributed by atoms with Crippen LogP contribution in [0.4, 0.5) is 0 Å². The minimum Gasteiger partial charge on any atom is -0.317 e. The van der Waals surface area contributed by atoms with Crippen molar-refractivity contribution in [1.29, 1.82) is 0 Å². The number of nitrogens with zero attached hydrogens (tertiary/aromatic N) is 1. The summed E-state index contributed by atoms with van der Waals surface area (Å²) < 4.78 is 0. The first kappa shape index (κ1) is 13.4. The minimum absolute atomic E-state index is 0.141. The lowest BCUT2D eigenvalue weighted by molar-refractivity contribution is 0.108. The second-order valence-electron chi connectivity index (χ2n) is 3.43. The Kier molecular flexibility index (Phi) is 6.38. The summed E-state index contributed by atoms with van der Waals surface area (Å²) in [5.74, 6) is 0.